The maximum Gasteiger partial charge on any atom is 0.338 e. The van der Waals surface area contributed by atoms with Gasteiger partial charge in [0, 0.05) is 5.69 Å². The Labute approximate surface area is 160 Å². The summed E-state index contributed by atoms with van der Waals surface area (Å²) in [6.45, 7) is -0.697. The van der Waals surface area contributed by atoms with Crippen LogP contribution in [0.15, 0.2) is 42.5 Å². The predicted molar refractivity (Wildman–Crippen MR) is 97.7 cm³/mol. The summed E-state index contributed by atoms with van der Waals surface area (Å²) in [5.41, 5.74) is 0.616. The van der Waals surface area contributed by atoms with Crippen LogP contribution in [0.5, 0.6) is 5.75 Å². The molecule has 0 aliphatic carbocycles. The summed E-state index contributed by atoms with van der Waals surface area (Å²) in [5, 5.41) is 9.21. The maximum absolute atomic E-state index is 12.3. The van der Waals surface area contributed by atoms with Crippen molar-refractivity contribution in [3.05, 3.63) is 58.1 Å². The van der Waals surface area contributed by atoms with Gasteiger partial charge in [0.05, 0.1) is 28.8 Å². The second-order valence-electron chi connectivity index (χ2n) is 5.02. The Bertz CT molecular complexity index is 827. The molecule has 0 aliphatic heterocycles. The number of methoxy groups -OCH3 is 1. The van der Waals surface area contributed by atoms with Gasteiger partial charge in [0.2, 0.25) is 0 Å². The lowest BCUT2D eigenvalue weighted by Crippen LogP contribution is -2.35. The van der Waals surface area contributed by atoms with Gasteiger partial charge in [-0.05, 0) is 24.3 Å². The van der Waals surface area contributed by atoms with E-state index in [9.17, 15) is 9.59 Å². The van der Waals surface area contributed by atoms with E-state index in [1.165, 1.54) is 24.1 Å². The number of carbonyl (C=O) groups is 2. The van der Waals surface area contributed by atoms with E-state index in [4.69, 9.17) is 37.9 Å². The van der Waals surface area contributed by atoms with Crippen LogP contribution in [-0.4, -0.2) is 32.1 Å². The average Bonchev–Trinajstić information content (AvgIpc) is 2.64. The smallest absolute Gasteiger partial charge is 0.338 e. The number of amides is 1. The minimum absolute atomic E-state index is 0.0835. The average molecular weight is 393 g/mol. The fourth-order valence-corrected chi connectivity index (χ4v) is 2.80. The number of hydrogen-bond donors (Lipinski definition) is 0. The first-order valence-corrected chi connectivity index (χ1v) is 8.16. The Balaban J connectivity index is 2.08. The number of esters is 1. The molecule has 0 aliphatic rings. The first-order chi connectivity index (χ1) is 12.5. The summed E-state index contributed by atoms with van der Waals surface area (Å²) in [4.78, 5) is 25.7. The summed E-state index contributed by atoms with van der Waals surface area (Å²) in [7, 11) is 1.40. The fraction of sp³-hybridized carbons (Fsp3) is 0.167. The van der Waals surface area contributed by atoms with E-state index in [1.54, 1.807) is 30.3 Å². The van der Waals surface area contributed by atoms with Crippen LogP contribution in [0.25, 0.3) is 0 Å². The highest BCUT2D eigenvalue weighted by Gasteiger charge is 2.19. The number of benzene rings is 2. The molecule has 0 fully saturated rings. The molecule has 0 spiro atoms. The molecule has 0 bridgehead atoms. The van der Waals surface area contributed by atoms with E-state index < -0.39 is 18.5 Å². The third-order valence-electron chi connectivity index (χ3n) is 3.36. The van der Waals surface area contributed by atoms with Crippen LogP contribution in [0.2, 0.25) is 10.0 Å². The normalized spacial score (nSPS) is 9.92. The molecule has 0 saturated heterocycles. The van der Waals surface area contributed by atoms with Crippen LogP contribution in [0.4, 0.5) is 5.69 Å². The van der Waals surface area contributed by atoms with Crippen molar-refractivity contribution in [2.45, 2.75) is 0 Å². The summed E-state index contributed by atoms with van der Waals surface area (Å²) in [6, 6.07) is 13.2. The Hall–Kier alpha value is -2.75. The van der Waals surface area contributed by atoms with E-state index in [2.05, 4.69) is 0 Å². The van der Waals surface area contributed by atoms with Gasteiger partial charge in [0.15, 0.2) is 12.4 Å². The third-order valence-corrected chi connectivity index (χ3v) is 3.92. The number of halogens is 2. The molecule has 0 aromatic heterocycles. The number of para-hydroxylation sites is 1. The lowest BCUT2D eigenvalue weighted by molar-refractivity contribution is -0.121. The third kappa shape index (κ3) is 4.66. The van der Waals surface area contributed by atoms with Crippen molar-refractivity contribution in [3.63, 3.8) is 0 Å². The van der Waals surface area contributed by atoms with Crippen LogP contribution >= 0.6 is 23.2 Å². The summed E-state index contributed by atoms with van der Waals surface area (Å²) < 4.78 is 10.0. The van der Waals surface area contributed by atoms with Crippen molar-refractivity contribution >= 4 is 40.8 Å². The topological polar surface area (TPSA) is 79.6 Å². The highest BCUT2D eigenvalue weighted by atomic mass is 35.5. The molecule has 8 heteroatoms. The molecule has 2 aromatic rings. The van der Waals surface area contributed by atoms with Crippen LogP contribution in [0.1, 0.15) is 10.4 Å². The van der Waals surface area contributed by atoms with E-state index in [0.29, 0.717) is 5.69 Å². The molecule has 2 rings (SSSR count). The van der Waals surface area contributed by atoms with Gasteiger partial charge in [0.25, 0.3) is 5.91 Å². The summed E-state index contributed by atoms with van der Waals surface area (Å²) in [6.07, 6.45) is 0. The van der Waals surface area contributed by atoms with Gasteiger partial charge in [-0.25, -0.2) is 4.79 Å². The number of carbonyl (C=O) groups excluding carboxylic acids is 2. The monoisotopic (exact) mass is 392 g/mol. The van der Waals surface area contributed by atoms with Crippen molar-refractivity contribution in [3.8, 4) is 11.8 Å². The number of ether oxygens (including phenoxy) is 2. The zero-order chi connectivity index (χ0) is 19.1. The van der Waals surface area contributed by atoms with Crippen molar-refractivity contribution in [2.75, 3.05) is 25.2 Å². The molecule has 0 unspecified atom stereocenters. The van der Waals surface area contributed by atoms with E-state index >= 15 is 0 Å². The van der Waals surface area contributed by atoms with Gasteiger partial charge in [0.1, 0.15) is 6.54 Å². The maximum atomic E-state index is 12.3. The standard InChI is InChI=1S/C18H14Cl2N2O4/c1-25-17-14(19)9-12(10-15(17)20)18(24)26-11-16(23)22(8-7-21)13-5-3-2-4-6-13/h2-6,9-10H,8,11H2,1H3. The lowest BCUT2D eigenvalue weighted by Gasteiger charge is -2.19. The molecule has 0 radical (unpaired) electrons. The Morgan fingerprint density at radius 3 is 2.31 bits per heavy atom. The van der Waals surface area contributed by atoms with Crippen LogP contribution in [0.3, 0.4) is 0 Å². The second kappa shape index (κ2) is 9.09. The minimum Gasteiger partial charge on any atom is -0.494 e. The molecule has 6 nitrogen and oxygen atoms in total. The van der Waals surface area contributed by atoms with Crippen molar-refractivity contribution < 1.29 is 19.1 Å². The zero-order valence-corrected chi connectivity index (χ0v) is 15.3. The summed E-state index contributed by atoms with van der Waals surface area (Å²) >= 11 is 12.0. The highest BCUT2D eigenvalue weighted by Crippen LogP contribution is 2.34. The zero-order valence-electron chi connectivity index (χ0n) is 13.7. The molecule has 134 valence electrons. The van der Waals surface area contributed by atoms with Crippen LogP contribution < -0.4 is 9.64 Å². The van der Waals surface area contributed by atoms with Gasteiger partial charge in [-0.1, -0.05) is 41.4 Å². The SMILES string of the molecule is COc1c(Cl)cc(C(=O)OCC(=O)N(CC#N)c2ccccc2)cc1Cl. The van der Waals surface area contributed by atoms with Crippen LogP contribution in [-0.2, 0) is 9.53 Å². The predicted octanol–water partition coefficient (Wildman–Crippen LogP) is 3.72. The van der Waals surface area contributed by atoms with Crippen molar-refractivity contribution in [2.24, 2.45) is 0 Å². The highest BCUT2D eigenvalue weighted by molar-refractivity contribution is 6.37. The molecular formula is C18H14Cl2N2O4. The fourth-order valence-electron chi connectivity index (χ4n) is 2.16. The summed E-state index contributed by atoms with van der Waals surface area (Å²) in [5.74, 6) is -1.06. The van der Waals surface area contributed by atoms with Gasteiger partial charge in [-0.2, -0.15) is 5.26 Å². The van der Waals surface area contributed by atoms with Gasteiger partial charge in [-0.3, -0.25) is 9.69 Å². The Kier molecular flexibility index (Phi) is 6.84. The molecule has 2 aromatic carbocycles. The number of hydrogen-bond acceptors (Lipinski definition) is 5. The first kappa shape index (κ1) is 19.6. The number of nitrogens with zero attached hydrogens (tertiary/aromatic N) is 2. The molecule has 0 atom stereocenters. The second-order valence-corrected chi connectivity index (χ2v) is 5.84. The first-order valence-electron chi connectivity index (χ1n) is 7.40. The van der Waals surface area contributed by atoms with Gasteiger partial charge >= 0.3 is 5.97 Å². The minimum atomic E-state index is -0.769. The Morgan fingerprint density at radius 1 is 1.15 bits per heavy atom. The van der Waals surface area contributed by atoms with Crippen molar-refractivity contribution in [1.82, 2.24) is 0 Å². The molecule has 0 N–H and O–H groups in total. The molecule has 0 saturated carbocycles. The number of rotatable bonds is 6. The van der Waals surface area contributed by atoms with Crippen LogP contribution in [0, 0.1) is 11.3 Å². The Morgan fingerprint density at radius 2 is 1.77 bits per heavy atom. The lowest BCUT2D eigenvalue weighted by atomic mass is 10.2. The number of anilines is 1. The quantitative estimate of drug-likeness (QED) is 0.552. The molecule has 26 heavy (non-hydrogen) atoms. The van der Waals surface area contributed by atoms with E-state index in [1.807, 2.05) is 6.07 Å². The molecule has 0 heterocycles. The van der Waals surface area contributed by atoms with Gasteiger partial charge in [-0.15, -0.1) is 0 Å². The van der Waals surface area contributed by atoms with E-state index in [-0.39, 0.29) is 27.9 Å². The number of nitriles is 1. The van der Waals surface area contributed by atoms with Crippen molar-refractivity contribution in [1.29, 1.82) is 5.26 Å². The van der Waals surface area contributed by atoms with E-state index in [0.717, 1.165) is 0 Å². The molecule has 1 amide bonds. The molecular weight excluding hydrogens is 379 g/mol. The van der Waals surface area contributed by atoms with Gasteiger partial charge < -0.3 is 9.47 Å². The largest absolute Gasteiger partial charge is 0.494 e.